The van der Waals surface area contributed by atoms with E-state index in [9.17, 15) is 0 Å². The van der Waals surface area contributed by atoms with Crippen molar-refractivity contribution in [3.8, 4) is 0 Å². The molecule has 1 aromatic rings. The second kappa shape index (κ2) is 2.19. The summed E-state index contributed by atoms with van der Waals surface area (Å²) in [6, 6.07) is 2.20. The number of aromatic nitrogens is 1. The van der Waals surface area contributed by atoms with Crippen molar-refractivity contribution in [1.82, 2.24) is 0 Å². The molecule has 0 fully saturated rings. The quantitative estimate of drug-likeness (QED) is 0.487. The van der Waals surface area contributed by atoms with Crippen molar-refractivity contribution < 1.29 is 4.57 Å². The summed E-state index contributed by atoms with van der Waals surface area (Å²) in [7, 11) is 2.09. The normalized spacial score (nSPS) is 13.6. The molecular weight excluding hydrogens is 134 g/mol. The lowest BCUT2D eigenvalue weighted by Gasteiger charge is -1.99. The van der Waals surface area contributed by atoms with Crippen LogP contribution in [-0.2, 0) is 13.5 Å². The highest BCUT2D eigenvalue weighted by atomic mass is 14.9. The first kappa shape index (κ1) is 6.59. The van der Waals surface area contributed by atoms with Crippen molar-refractivity contribution in [2.45, 2.75) is 13.3 Å². The predicted octanol–water partition coefficient (Wildman–Crippen LogP) is 1.39. The third-order valence-corrected chi connectivity index (χ3v) is 2.39. The highest BCUT2D eigenvalue weighted by Gasteiger charge is 2.13. The molecule has 0 N–H and O–H groups in total. The van der Waals surface area contributed by atoms with Gasteiger partial charge in [0.15, 0.2) is 11.9 Å². The molecule has 1 aliphatic carbocycles. The van der Waals surface area contributed by atoms with Crippen LogP contribution in [0, 0.1) is 6.92 Å². The van der Waals surface area contributed by atoms with E-state index in [1.807, 2.05) is 0 Å². The zero-order valence-corrected chi connectivity index (χ0v) is 6.96. The van der Waals surface area contributed by atoms with E-state index in [4.69, 9.17) is 0 Å². The Morgan fingerprint density at radius 3 is 3.09 bits per heavy atom. The molecule has 0 atom stereocenters. The minimum absolute atomic E-state index is 1.11. The van der Waals surface area contributed by atoms with Crippen molar-refractivity contribution in [2.75, 3.05) is 0 Å². The maximum atomic E-state index is 2.22. The van der Waals surface area contributed by atoms with E-state index in [1.54, 1.807) is 0 Å². The number of allylic oxidation sites excluding steroid dienone is 1. The highest BCUT2D eigenvalue weighted by Crippen LogP contribution is 2.19. The number of hydrogen-bond donors (Lipinski definition) is 0. The van der Waals surface area contributed by atoms with Crippen LogP contribution in [0.2, 0.25) is 0 Å². The molecule has 0 unspecified atom stereocenters. The summed E-state index contributed by atoms with van der Waals surface area (Å²) in [4.78, 5) is 0. The Balaban J connectivity index is 2.70. The Morgan fingerprint density at radius 2 is 2.27 bits per heavy atom. The van der Waals surface area contributed by atoms with Gasteiger partial charge in [-0.05, 0) is 12.0 Å². The molecule has 0 saturated carbocycles. The van der Waals surface area contributed by atoms with Gasteiger partial charge in [0.1, 0.15) is 7.05 Å². The molecule has 0 bridgehead atoms. The van der Waals surface area contributed by atoms with Crippen LogP contribution in [-0.4, -0.2) is 0 Å². The first-order valence-electron chi connectivity index (χ1n) is 3.93. The van der Waals surface area contributed by atoms with Crippen LogP contribution in [0.4, 0.5) is 0 Å². The number of nitrogens with zero attached hydrogens (tertiary/aromatic N) is 1. The second-order valence-corrected chi connectivity index (χ2v) is 3.06. The Hall–Kier alpha value is -1.11. The van der Waals surface area contributed by atoms with Gasteiger partial charge in [-0.25, -0.2) is 4.57 Å². The molecule has 0 spiro atoms. The van der Waals surface area contributed by atoms with Crippen LogP contribution in [0.25, 0.3) is 6.08 Å². The van der Waals surface area contributed by atoms with E-state index in [0.29, 0.717) is 0 Å². The maximum absolute atomic E-state index is 2.22. The van der Waals surface area contributed by atoms with Crippen molar-refractivity contribution >= 4 is 6.08 Å². The maximum Gasteiger partial charge on any atom is 0.185 e. The van der Waals surface area contributed by atoms with Crippen molar-refractivity contribution in [2.24, 2.45) is 7.05 Å². The fourth-order valence-electron chi connectivity index (χ4n) is 1.54. The molecule has 2 rings (SSSR count). The number of pyridine rings is 1. The van der Waals surface area contributed by atoms with Gasteiger partial charge in [0.2, 0.25) is 0 Å². The third kappa shape index (κ3) is 0.881. The van der Waals surface area contributed by atoms with Gasteiger partial charge in [-0.1, -0.05) is 12.2 Å². The largest absolute Gasteiger partial charge is 0.205 e. The van der Waals surface area contributed by atoms with E-state index >= 15 is 0 Å². The van der Waals surface area contributed by atoms with Gasteiger partial charge in [0, 0.05) is 18.6 Å². The average Bonchev–Trinajstić information content (AvgIpc) is 2.45. The van der Waals surface area contributed by atoms with Crippen LogP contribution in [0.5, 0.6) is 0 Å². The lowest BCUT2D eigenvalue weighted by Crippen LogP contribution is -2.32. The van der Waals surface area contributed by atoms with Gasteiger partial charge in [-0.15, -0.1) is 0 Å². The first-order chi connectivity index (χ1) is 5.29. The van der Waals surface area contributed by atoms with E-state index < -0.39 is 0 Å². The summed E-state index contributed by atoms with van der Waals surface area (Å²) in [6.45, 7) is 2.16. The van der Waals surface area contributed by atoms with Gasteiger partial charge in [-0.3, -0.25) is 0 Å². The Kier molecular flexibility index (Phi) is 1.31. The molecule has 1 nitrogen and oxygen atoms in total. The number of rotatable bonds is 0. The summed E-state index contributed by atoms with van der Waals surface area (Å²) in [5.41, 5.74) is 4.23. The highest BCUT2D eigenvalue weighted by molar-refractivity contribution is 5.60. The van der Waals surface area contributed by atoms with E-state index in [0.717, 1.165) is 6.42 Å². The molecule has 0 radical (unpaired) electrons. The Labute approximate surface area is 67.0 Å². The van der Waals surface area contributed by atoms with E-state index in [1.165, 1.54) is 16.8 Å². The SMILES string of the molecule is Cc1c2c(cc[n+]1C)CC=C2. The molecule has 0 amide bonds. The van der Waals surface area contributed by atoms with Gasteiger partial charge in [0.25, 0.3) is 0 Å². The van der Waals surface area contributed by atoms with Crippen LogP contribution in [0.3, 0.4) is 0 Å². The first-order valence-corrected chi connectivity index (χ1v) is 3.93. The molecule has 56 valence electrons. The topological polar surface area (TPSA) is 3.88 Å². The molecule has 11 heavy (non-hydrogen) atoms. The molecule has 1 aliphatic rings. The summed E-state index contributed by atoms with van der Waals surface area (Å²) in [5.74, 6) is 0. The molecular formula is C10H12N+. The summed E-state index contributed by atoms with van der Waals surface area (Å²) >= 11 is 0. The standard InChI is InChI=1S/C10H12N/c1-8-10-5-3-4-9(10)6-7-11(8)2/h3,5-7H,4H2,1-2H3/q+1. The lowest BCUT2D eigenvalue weighted by atomic mass is 10.1. The lowest BCUT2D eigenvalue weighted by molar-refractivity contribution is -0.677. The second-order valence-electron chi connectivity index (χ2n) is 3.06. The molecule has 1 aromatic heterocycles. The van der Waals surface area contributed by atoms with E-state index in [2.05, 4.69) is 43.0 Å². The van der Waals surface area contributed by atoms with E-state index in [-0.39, 0.29) is 0 Å². The molecule has 0 aromatic carbocycles. The Bertz CT molecular complexity index is 324. The molecule has 1 heterocycles. The predicted molar refractivity (Wildman–Crippen MR) is 45.1 cm³/mol. The number of hydrogen-bond acceptors (Lipinski definition) is 0. The van der Waals surface area contributed by atoms with Gasteiger partial charge < -0.3 is 0 Å². The fourth-order valence-corrected chi connectivity index (χ4v) is 1.54. The van der Waals surface area contributed by atoms with Crippen molar-refractivity contribution in [3.63, 3.8) is 0 Å². The smallest absolute Gasteiger partial charge is 0.185 e. The van der Waals surface area contributed by atoms with Gasteiger partial charge >= 0.3 is 0 Å². The average molecular weight is 146 g/mol. The molecule has 1 heteroatoms. The van der Waals surface area contributed by atoms with Crippen molar-refractivity contribution in [1.29, 1.82) is 0 Å². The van der Waals surface area contributed by atoms with Crippen LogP contribution in [0.15, 0.2) is 18.3 Å². The zero-order valence-electron chi connectivity index (χ0n) is 6.96. The minimum Gasteiger partial charge on any atom is -0.205 e. The number of aryl methyl sites for hydroxylation is 1. The van der Waals surface area contributed by atoms with Crippen LogP contribution < -0.4 is 4.57 Å². The fraction of sp³-hybridized carbons (Fsp3) is 0.300. The minimum atomic E-state index is 1.11. The van der Waals surface area contributed by atoms with Crippen molar-refractivity contribution in [3.05, 3.63) is 35.2 Å². The summed E-state index contributed by atoms with van der Waals surface area (Å²) in [5, 5.41) is 0. The molecule has 0 aliphatic heterocycles. The summed E-state index contributed by atoms with van der Waals surface area (Å²) < 4.78 is 2.16. The Morgan fingerprint density at radius 1 is 1.45 bits per heavy atom. The third-order valence-electron chi connectivity index (χ3n) is 2.39. The van der Waals surface area contributed by atoms with Crippen LogP contribution in [0.1, 0.15) is 16.8 Å². The van der Waals surface area contributed by atoms with Crippen LogP contribution >= 0.6 is 0 Å². The zero-order chi connectivity index (χ0) is 7.84. The monoisotopic (exact) mass is 146 g/mol. The van der Waals surface area contributed by atoms with Gasteiger partial charge in [-0.2, -0.15) is 0 Å². The summed E-state index contributed by atoms with van der Waals surface area (Å²) in [6.07, 6.45) is 7.67. The molecule has 0 saturated heterocycles. The number of fused-ring (bicyclic) bond motifs is 1. The van der Waals surface area contributed by atoms with Gasteiger partial charge in [0.05, 0.1) is 0 Å².